The molecule has 2 heterocycles. The highest BCUT2D eigenvalue weighted by Gasteiger charge is 2.24. The topological polar surface area (TPSA) is 56.7 Å². The molecule has 0 bridgehead atoms. The summed E-state index contributed by atoms with van der Waals surface area (Å²) in [5.41, 5.74) is 8.75. The van der Waals surface area contributed by atoms with E-state index in [2.05, 4.69) is 30.9 Å². The fraction of sp³-hybridized carbons (Fsp3) is 0.500. The van der Waals surface area contributed by atoms with Crippen LogP contribution in [0.25, 0.3) is 10.6 Å². The first-order valence-electron chi connectivity index (χ1n) is 5.61. The molecule has 0 aliphatic carbocycles. The van der Waals surface area contributed by atoms with Crippen molar-refractivity contribution in [3.8, 4) is 10.6 Å². The molecule has 92 valence electrons. The van der Waals surface area contributed by atoms with Crippen molar-refractivity contribution in [1.82, 2.24) is 14.8 Å². The Morgan fingerprint density at radius 1 is 1.41 bits per heavy atom. The van der Waals surface area contributed by atoms with Crippen LogP contribution in [0.2, 0.25) is 0 Å². The molecule has 0 amide bonds. The van der Waals surface area contributed by atoms with Gasteiger partial charge in [-0.25, -0.2) is 4.98 Å². The molecule has 0 aromatic carbocycles. The lowest BCUT2D eigenvalue weighted by molar-refractivity contribution is 0.554. The van der Waals surface area contributed by atoms with Crippen molar-refractivity contribution >= 4 is 11.3 Å². The standard InChI is InChI=1S/C12H18N4S/c1-12(2,3)10-9(6-16(4)15-10)11-14-8(5-13)7-17-11/h6-7H,5,13H2,1-4H3. The lowest BCUT2D eigenvalue weighted by Gasteiger charge is -2.16. The van der Waals surface area contributed by atoms with Gasteiger partial charge in [0.25, 0.3) is 0 Å². The van der Waals surface area contributed by atoms with Gasteiger partial charge in [-0.3, -0.25) is 4.68 Å². The van der Waals surface area contributed by atoms with E-state index >= 15 is 0 Å². The zero-order valence-electron chi connectivity index (χ0n) is 10.7. The molecule has 5 heteroatoms. The third-order valence-electron chi connectivity index (χ3n) is 2.53. The van der Waals surface area contributed by atoms with E-state index in [1.807, 2.05) is 23.3 Å². The molecule has 0 saturated heterocycles. The first kappa shape index (κ1) is 12.3. The summed E-state index contributed by atoms with van der Waals surface area (Å²) in [4.78, 5) is 4.53. The highest BCUT2D eigenvalue weighted by Crippen LogP contribution is 2.33. The molecule has 0 aliphatic rings. The van der Waals surface area contributed by atoms with Crippen molar-refractivity contribution in [3.05, 3.63) is 23.0 Å². The van der Waals surface area contributed by atoms with Crippen molar-refractivity contribution in [3.63, 3.8) is 0 Å². The first-order chi connectivity index (χ1) is 7.91. The van der Waals surface area contributed by atoms with E-state index < -0.39 is 0 Å². The van der Waals surface area contributed by atoms with Crippen LogP contribution in [0.4, 0.5) is 0 Å². The van der Waals surface area contributed by atoms with Gasteiger partial charge in [-0.2, -0.15) is 5.10 Å². The Bertz CT molecular complexity index is 519. The summed E-state index contributed by atoms with van der Waals surface area (Å²) in [6.07, 6.45) is 2.03. The van der Waals surface area contributed by atoms with Crippen LogP contribution in [0.5, 0.6) is 0 Å². The van der Waals surface area contributed by atoms with Gasteiger partial charge in [0.2, 0.25) is 0 Å². The second-order valence-corrected chi connectivity index (χ2v) is 6.02. The number of thiazole rings is 1. The Kier molecular flexibility index (Phi) is 3.05. The van der Waals surface area contributed by atoms with Gasteiger partial charge < -0.3 is 5.73 Å². The number of hydrogen-bond donors (Lipinski definition) is 1. The largest absolute Gasteiger partial charge is 0.325 e. The minimum absolute atomic E-state index is 0.0190. The summed E-state index contributed by atoms with van der Waals surface area (Å²) in [7, 11) is 1.94. The van der Waals surface area contributed by atoms with Crippen molar-refractivity contribution in [2.75, 3.05) is 0 Å². The van der Waals surface area contributed by atoms with E-state index in [1.54, 1.807) is 11.3 Å². The first-order valence-corrected chi connectivity index (χ1v) is 6.48. The Labute approximate surface area is 105 Å². The smallest absolute Gasteiger partial charge is 0.127 e. The fourth-order valence-corrected chi connectivity index (χ4v) is 2.57. The van der Waals surface area contributed by atoms with Crippen LogP contribution >= 0.6 is 11.3 Å². The maximum atomic E-state index is 5.59. The van der Waals surface area contributed by atoms with E-state index in [9.17, 15) is 0 Å². The number of hydrogen-bond acceptors (Lipinski definition) is 4. The van der Waals surface area contributed by atoms with Crippen LogP contribution in [0.1, 0.15) is 32.2 Å². The predicted molar refractivity (Wildman–Crippen MR) is 70.9 cm³/mol. The number of rotatable bonds is 2. The molecule has 0 radical (unpaired) electrons. The van der Waals surface area contributed by atoms with Gasteiger partial charge in [0.15, 0.2) is 0 Å². The SMILES string of the molecule is Cn1cc(-c2nc(CN)cs2)c(C(C)(C)C)n1. The number of aromatic nitrogens is 3. The molecule has 2 rings (SSSR count). The van der Waals surface area contributed by atoms with E-state index in [1.165, 1.54) is 0 Å². The van der Waals surface area contributed by atoms with Gasteiger partial charge in [0, 0.05) is 30.6 Å². The molecule has 2 aromatic heterocycles. The second kappa shape index (κ2) is 4.23. The monoisotopic (exact) mass is 250 g/mol. The van der Waals surface area contributed by atoms with Crippen molar-refractivity contribution in [2.45, 2.75) is 32.7 Å². The van der Waals surface area contributed by atoms with Gasteiger partial charge in [-0.1, -0.05) is 20.8 Å². The summed E-state index contributed by atoms with van der Waals surface area (Å²) >= 11 is 1.63. The summed E-state index contributed by atoms with van der Waals surface area (Å²) in [5, 5.41) is 7.56. The molecular formula is C12H18N4S. The predicted octanol–water partition coefficient (Wildman–Crippen LogP) is 2.30. The van der Waals surface area contributed by atoms with E-state index in [-0.39, 0.29) is 5.41 Å². The van der Waals surface area contributed by atoms with E-state index in [4.69, 9.17) is 5.73 Å². The molecule has 17 heavy (non-hydrogen) atoms. The average molecular weight is 250 g/mol. The Hall–Kier alpha value is -1.20. The summed E-state index contributed by atoms with van der Waals surface area (Å²) < 4.78 is 1.85. The molecule has 0 saturated carbocycles. The van der Waals surface area contributed by atoms with Crippen LogP contribution in [-0.4, -0.2) is 14.8 Å². The van der Waals surface area contributed by atoms with Crippen molar-refractivity contribution in [1.29, 1.82) is 0 Å². The highest BCUT2D eigenvalue weighted by atomic mass is 32.1. The molecule has 0 atom stereocenters. The van der Waals surface area contributed by atoms with Gasteiger partial charge >= 0.3 is 0 Å². The van der Waals surface area contributed by atoms with Crippen LogP contribution in [-0.2, 0) is 19.0 Å². The summed E-state index contributed by atoms with van der Waals surface area (Å²) in [6.45, 7) is 6.98. The quantitative estimate of drug-likeness (QED) is 0.889. The molecule has 0 spiro atoms. The average Bonchev–Trinajstić information content (AvgIpc) is 2.81. The van der Waals surface area contributed by atoms with Gasteiger partial charge in [-0.05, 0) is 0 Å². The maximum absolute atomic E-state index is 5.59. The zero-order valence-corrected chi connectivity index (χ0v) is 11.5. The van der Waals surface area contributed by atoms with Gasteiger partial charge in [0.1, 0.15) is 5.01 Å². The minimum atomic E-state index is 0.0190. The van der Waals surface area contributed by atoms with Crippen molar-refractivity contribution < 1.29 is 0 Å². The maximum Gasteiger partial charge on any atom is 0.127 e. The van der Waals surface area contributed by atoms with Crippen LogP contribution in [0.15, 0.2) is 11.6 Å². The number of nitrogens with zero attached hydrogens (tertiary/aromatic N) is 3. The lowest BCUT2D eigenvalue weighted by atomic mass is 9.90. The molecule has 0 unspecified atom stereocenters. The Balaban J connectivity index is 2.51. The van der Waals surface area contributed by atoms with Gasteiger partial charge in [0.05, 0.1) is 17.0 Å². The third kappa shape index (κ3) is 2.40. The van der Waals surface area contributed by atoms with E-state index in [0.717, 1.165) is 22.0 Å². The Morgan fingerprint density at radius 3 is 2.65 bits per heavy atom. The van der Waals surface area contributed by atoms with Crippen LogP contribution in [0, 0.1) is 0 Å². The molecule has 4 nitrogen and oxygen atoms in total. The summed E-state index contributed by atoms with van der Waals surface area (Å²) in [6, 6.07) is 0. The molecular weight excluding hydrogens is 232 g/mol. The minimum Gasteiger partial charge on any atom is -0.325 e. The molecule has 0 fully saturated rings. The molecule has 0 aliphatic heterocycles. The Morgan fingerprint density at radius 2 is 2.12 bits per heavy atom. The zero-order chi connectivity index (χ0) is 12.6. The van der Waals surface area contributed by atoms with Crippen LogP contribution < -0.4 is 5.73 Å². The fourth-order valence-electron chi connectivity index (χ4n) is 1.72. The van der Waals surface area contributed by atoms with E-state index in [0.29, 0.717) is 6.54 Å². The molecule has 2 aromatic rings. The van der Waals surface area contributed by atoms with Gasteiger partial charge in [-0.15, -0.1) is 11.3 Å². The van der Waals surface area contributed by atoms with Crippen molar-refractivity contribution in [2.24, 2.45) is 12.8 Å². The lowest BCUT2D eigenvalue weighted by Crippen LogP contribution is -2.13. The second-order valence-electron chi connectivity index (χ2n) is 5.16. The summed E-state index contributed by atoms with van der Waals surface area (Å²) in [5.74, 6) is 0. The molecule has 2 N–H and O–H groups in total. The third-order valence-corrected chi connectivity index (χ3v) is 3.45. The normalized spacial score (nSPS) is 12.1. The van der Waals surface area contributed by atoms with Crippen LogP contribution in [0.3, 0.4) is 0 Å². The number of nitrogens with two attached hydrogens (primary N) is 1. The highest BCUT2D eigenvalue weighted by molar-refractivity contribution is 7.13. The number of aryl methyl sites for hydroxylation is 1.